The van der Waals surface area contributed by atoms with Crippen LogP contribution in [0.5, 0.6) is 0 Å². The summed E-state index contributed by atoms with van der Waals surface area (Å²) in [6.07, 6.45) is 3.41. The van der Waals surface area contributed by atoms with Crippen LogP contribution in [0, 0.1) is 5.82 Å². The number of carbonyl (C=O) groups excluding carboxylic acids is 3. The van der Waals surface area contributed by atoms with Crippen LogP contribution in [0.25, 0.3) is 0 Å². The number of amides is 3. The number of benzene rings is 1. The molecule has 1 aromatic carbocycles. The fourth-order valence-corrected chi connectivity index (χ4v) is 4.67. The number of thioether (sulfide) groups is 2. The standard InChI is InChI=1S/C17H19FN2O3S2/c18-11-5-7-12(8-6-11)24-9-15(21)19-13-3-1-2-4-14(13)20-16(22)10-25-17(20)23/h5-8,13-14H,1-4,9-10H2,(H,19,21)/t13-,14-/m0/s1. The second-order valence-electron chi connectivity index (χ2n) is 6.09. The molecule has 1 aliphatic carbocycles. The molecule has 25 heavy (non-hydrogen) atoms. The molecule has 5 nitrogen and oxygen atoms in total. The fraction of sp³-hybridized carbons (Fsp3) is 0.471. The smallest absolute Gasteiger partial charge is 0.289 e. The third kappa shape index (κ3) is 4.55. The molecule has 3 rings (SSSR count). The quantitative estimate of drug-likeness (QED) is 0.793. The summed E-state index contributed by atoms with van der Waals surface area (Å²) >= 11 is 2.36. The van der Waals surface area contributed by atoms with Crippen molar-refractivity contribution in [1.29, 1.82) is 0 Å². The molecule has 3 amide bonds. The monoisotopic (exact) mass is 382 g/mol. The third-order valence-electron chi connectivity index (χ3n) is 4.38. The summed E-state index contributed by atoms with van der Waals surface area (Å²) in [5, 5.41) is 2.77. The first-order valence-electron chi connectivity index (χ1n) is 8.21. The van der Waals surface area contributed by atoms with Gasteiger partial charge in [-0.15, -0.1) is 11.8 Å². The van der Waals surface area contributed by atoms with Crippen LogP contribution in [-0.4, -0.2) is 45.5 Å². The van der Waals surface area contributed by atoms with Crippen LogP contribution >= 0.6 is 23.5 Å². The Balaban J connectivity index is 1.57. The van der Waals surface area contributed by atoms with Gasteiger partial charge in [0.25, 0.3) is 5.24 Å². The first-order chi connectivity index (χ1) is 12.0. The lowest BCUT2D eigenvalue weighted by Gasteiger charge is -2.36. The van der Waals surface area contributed by atoms with E-state index in [-0.39, 0.29) is 46.5 Å². The van der Waals surface area contributed by atoms with Crippen molar-refractivity contribution in [2.75, 3.05) is 11.5 Å². The van der Waals surface area contributed by atoms with Crippen molar-refractivity contribution in [1.82, 2.24) is 10.2 Å². The molecule has 134 valence electrons. The average Bonchev–Trinajstić information content (AvgIpc) is 2.94. The second-order valence-corrected chi connectivity index (χ2v) is 8.06. The van der Waals surface area contributed by atoms with E-state index in [9.17, 15) is 18.8 Å². The van der Waals surface area contributed by atoms with Gasteiger partial charge in [0.2, 0.25) is 11.8 Å². The molecule has 2 aliphatic rings. The Morgan fingerprint density at radius 3 is 2.64 bits per heavy atom. The van der Waals surface area contributed by atoms with Crippen LogP contribution in [0.3, 0.4) is 0 Å². The normalized spacial score (nSPS) is 23.8. The number of hydrogen-bond donors (Lipinski definition) is 1. The van der Waals surface area contributed by atoms with Gasteiger partial charge >= 0.3 is 0 Å². The molecule has 2 atom stereocenters. The number of imide groups is 1. The van der Waals surface area contributed by atoms with Gasteiger partial charge in [0.05, 0.1) is 17.5 Å². The Morgan fingerprint density at radius 1 is 1.24 bits per heavy atom. The van der Waals surface area contributed by atoms with Crippen molar-refractivity contribution in [3.63, 3.8) is 0 Å². The Hall–Kier alpha value is -1.54. The van der Waals surface area contributed by atoms with Crippen molar-refractivity contribution in [3.8, 4) is 0 Å². The summed E-state index contributed by atoms with van der Waals surface area (Å²) in [6.45, 7) is 0. The fourth-order valence-electron chi connectivity index (χ4n) is 3.20. The zero-order valence-corrected chi connectivity index (χ0v) is 15.2. The number of rotatable bonds is 5. The van der Waals surface area contributed by atoms with E-state index in [1.165, 1.54) is 28.8 Å². The third-order valence-corrected chi connectivity index (χ3v) is 6.22. The van der Waals surface area contributed by atoms with Gasteiger partial charge in [-0.1, -0.05) is 24.6 Å². The molecule has 1 saturated heterocycles. The predicted molar refractivity (Wildman–Crippen MR) is 96.0 cm³/mol. The first-order valence-corrected chi connectivity index (χ1v) is 10.2. The van der Waals surface area contributed by atoms with E-state index in [0.29, 0.717) is 0 Å². The molecular formula is C17H19FN2O3S2. The van der Waals surface area contributed by atoms with Gasteiger partial charge in [-0.3, -0.25) is 19.3 Å². The molecule has 0 unspecified atom stereocenters. The molecular weight excluding hydrogens is 363 g/mol. The first kappa shape index (κ1) is 18.3. The molecule has 0 aromatic heterocycles. The van der Waals surface area contributed by atoms with Gasteiger partial charge in [-0.2, -0.15) is 0 Å². The van der Waals surface area contributed by atoms with Crippen LogP contribution in [0.1, 0.15) is 25.7 Å². The predicted octanol–water partition coefficient (Wildman–Crippen LogP) is 3.04. The summed E-state index contributed by atoms with van der Waals surface area (Å²) in [5.74, 6) is -0.210. The largest absolute Gasteiger partial charge is 0.351 e. The van der Waals surface area contributed by atoms with Crippen molar-refractivity contribution >= 4 is 40.6 Å². The van der Waals surface area contributed by atoms with Crippen molar-refractivity contribution in [2.45, 2.75) is 42.7 Å². The Bertz CT molecular complexity index is 652. The van der Waals surface area contributed by atoms with E-state index in [0.717, 1.165) is 42.3 Å². The van der Waals surface area contributed by atoms with E-state index >= 15 is 0 Å². The number of halogens is 1. The Morgan fingerprint density at radius 2 is 1.96 bits per heavy atom. The molecule has 0 radical (unpaired) electrons. The average molecular weight is 382 g/mol. The Labute approximate surface area is 154 Å². The summed E-state index contributed by atoms with van der Waals surface area (Å²) in [4.78, 5) is 38.4. The summed E-state index contributed by atoms with van der Waals surface area (Å²) in [5.41, 5.74) is 0. The lowest BCUT2D eigenvalue weighted by Crippen LogP contribution is -2.55. The van der Waals surface area contributed by atoms with Gasteiger partial charge in [0, 0.05) is 10.9 Å². The zero-order chi connectivity index (χ0) is 17.8. The lowest BCUT2D eigenvalue weighted by molar-refractivity contribution is -0.128. The van der Waals surface area contributed by atoms with Crippen LogP contribution < -0.4 is 5.32 Å². The number of carbonyl (C=O) groups is 3. The van der Waals surface area contributed by atoms with Crippen LogP contribution in [0.15, 0.2) is 29.2 Å². The molecule has 1 heterocycles. The maximum atomic E-state index is 12.9. The van der Waals surface area contributed by atoms with E-state index < -0.39 is 0 Å². The van der Waals surface area contributed by atoms with Gasteiger partial charge in [0.15, 0.2) is 0 Å². The maximum absolute atomic E-state index is 12.9. The molecule has 1 aromatic rings. The van der Waals surface area contributed by atoms with E-state index in [2.05, 4.69) is 5.32 Å². The zero-order valence-electron chi connectivity index (χ0n) is 13.6. The van der Waals surface area contributed by atoms with E-state index in [1.54, 1.807) is 12.1 Å². The molecule has 1 saturated carbocycles. The highest BCUT2D eigenvalue weighted by Crippen LogP contribution is 2.30. The second kappa shape index (κ2) is 8.23. The van der Waals surface area contributed by atoms with Gasteiger partial charge in [0.1, 0.15) is 5.82 Å². The van der Waals surface area contributed by atoms with Crippen molar-refractivity contribution in [3.05, 3.63) is 30.1 Å². The Kier molecular flexibility index (Phi) is 6.01. The molecule has 0 bridgehead atoms. The topological polar surface area (TPSA) is 66.5 Å². The van der Waals surface area contributed by atoms with E-state index in [1.807, 2.05) is 0 Å². The number of hydrogen-bond acceptors (Lipinski definition) is 5. The van der Waals surface area contributed by atoms with Crippen LogP contribution in [0.2, 0.25) is 0 Å². The summed E-state index contributed by atoms with van der Waals surface area (Å²) in [7, 11) is 0. The molecule has 1 N–H and O–H groups in total. The molecule has 1 aliphatic heterocycles. The SMILES string of the molecule is O=C(CSc1ccc(F)cc1)N[C@H]1CCCC[C@@H]1N1C(=O)CSC1=O. The minimum atomic E-state index is -0.309. The molecule has 0 spiro atoms. The highest BCUT2D eigenvalue weighted by atomic mass is 32.2. The maximum Gasteiger partial charge on any atom is 0.289 e. The lowest BCUT2D eigenvalue weighted by atomic mass is 9.89. The summed E-state index contributed by atoms with van der Waals surface area (Å²) < 4.78 is 12.9. The van der Waals surface area contributed by atoms with Crippen LogP contribution in [-0.2, 0) is 9.59 Å². The highest BCUT2D eigenvalue weighted by molar-refractivity contribution is 8.14. The summed E-state index contributed by atoms with van der Waals surface area (Å²) in [6, 6.07) is 5.55. The number of nitrogens with one attached hydrogen (secondary N) is 1. The van der Waals surface area contributed by atoms with Gasteiger partial charge < -0.3 is 5.32 Å². The minimum Gasteiger partial charge on any atom is -0.351 e. The molecule has 8 heteroatoms. The van der Waals surface area contributed by atoms with Gasteiger partial charge in [-0.05, 0) is 37.1 Å². The highest BCUT2D eigenvalue weighted by Gasteiger charge is 2.41. The van der Waals surface area contributed by atoms with E-state index in [4.69, 9.17) is 0 Å². The van der Waals surface area contributed by atoms with Crippen LogP contribution in [0.4, 0.5) is 9.18 Å². The van der Waals surface area contributed by atoms with Gasteiger partial charge in [-0.25, -0.2) is 4.39 Å². The number of nitrogens with zero attached hydrogens (tertiary/aromatic N) is 1. The molecule has 2 fully saturated rings. The van der Waals surface area contributed by atoms with Crippen molar-refractivity contribution in [2.24, 2.45) is 0 Å². The van der Waals surface area contributed by atoms with Crippen molar-refractivity contribution < 1.29 is 18.8 Å². The minimum absolute atomic E-state index is 0.141.